The molecule has 0 fully saturated rings. The molecule has 9 aromatic heterocycles. The Kier molecular flexibility index (Phi) is 19.1. The van der Waals surface area contributed by atoms with Crippen molar-refractivity contribution in [3.05, 3.63) is 504 Å². The first-order valence-corrected chi connectivity index (χ1v) is 49.9. The van der Waals surface area contributed by atoms with Gasteiger partial charge in [0, 0.05) is 146 Å². The fourth-order valence-corrected chi connectivity index (χ4v) is 23.9. The molecular formula is C135H83N7OS. The van der Waals surface area contributed by atoms with Gasteiger partial charge in [0.2, 0.25) is 0 Å². The Hall–Kier alpha value is -18.9. The first-order chi connectivity index (χ1) is 71.4. The van der Waals surface area contributed by atoms with Gasteiger partial charge in [0.1, 0.15) is 11.2 Å². The summed E-state index contributed by atoms with van der Waals surface area (Å²) in [6.45, 7) is 0. The van der Waals surface area contributed by atoms with E-state index in [0.29, 0.717) is 0 Å². The van der Waals surface area contributed by atoms with Crippen molar-refractivity contribution in [2.75, 3.05) is 0 Å². The first-order valence-electron chi connectivity index (χ1n) is 49.1. The van der Waals surface area contributed by atoms with Gasteiger partial charge in [0.25, 0.3) is 0 Å². The molecule has 0 aliphatic rings. The number of para-hydroxylation sites is 9. The molecular weight excluding hydrogens is 1770 g/mol. The van der Waals surface area contributed by atoms with E-state index in [-0.39, 0.29) is 0 Å². The van der Waals surface area contributed by atoms with Crippen molar-refractivity contribution in [1.29, 1.82) is 0 Å². The number of rotatable bonds is 10. The maximum Gasteiger partial charge on any atom is 0.135 e. The fourth-order valence-electron chi connectivity index (χ4n) is 22.8. The standard InChI is InChI=1S/C49H31N3.C43H26N2O.C43H26N2S/c1-3-13-35(14-4-1)51-45-21-11-9-18-38(45)42-30-33(24-27-47(42)51)32-23-26-44-41(29-32)37-17-7-8-20-40(37)49(50-44)34-25-28-48-43(31-34)39-19-10-12-22-46(39)52(48)36-15-5-2-6-16-36;2*1-2-10-30(11-3-1)45-39-16-8-6-13-32(39)36-26-29(19-22-40(36)45)43-34-15-5-4-12-31(34)35-24-27(18-21-38(35)44-43)28-20-23-42-37(25-28)33-14-7-9-17-41(33)46-42/h1-31H;2*1-26H. The van der Waals surface area contributed by atoms with Crippen LogP contribution in [0.25, 0.3) is 284 Å². The van der Waals surface area contributed by atoms with Crippen LogP contribution >= 0.6 is 11.3 Å². The molecule has 670 valence electrons. The number of hydrogen-bond donors (Lipinski definition) is 0. The number of furan rings is 1. The van der Waals surface area contributed by atoms with Crippen LogP contribution in [0.4, 0.5) is 0 Å². The van der Waals surface area contributed by atoms with E-state index in [2.05, 4.69) is 510 Å². The predicted molar refractivity (Wildman–Crippen MR) is 608 cm³/mol. The second-order valence-corrected chi connectivity index (χ2v) is 38.6. The van der Waals surface area contributed by atoms with Crippen molar-refractivity contribution in [1.82, 2.24) is 33.2 Å². The molecule has 0 radical (unpaired) electrons. The molecule has 0 spiro atoms. The van der Waals surface area contributed by atoms with Gasteiger partial charge in [-0.05, 0) is 244 Å². The summed E-state index contributed by atoms with van der Waals surface area (Å²) in [4.78, 5) is 16.0. The molecule has 0 amide bonds. The quantitative estimate of drug-likeness (QED) is 0.128. The maximum absolute atomic E-state index is 6.09. The van der Waals surface area contributed by atoms with Gasteiger partial charge in [-0.3, -0.25) is 0 Å². The summed E-state index contributed by atoms with van der Waals surface area (Å²) in [5.74, 6) is 0. The number of fused-ring (bicyclic) bond motifs is 27. The zero-order valence-electron chi connectivity index (χ0n) is 77.9. The molecule has 0 unspecified atom stereocenters. The van der Waals surface area contributed by atoms with E-state index in [4.69, 9.17) is 19.4 Å². The number of pyridine rings is 3. The molecule has 22 aromatic carbocycles. The molecule has 0 atom stereocenters. The minimum atomic E-state index is 0.909. The highest BCUT2D eigenvalue weighted by atomic mass is 32.1. The third kappa shape index (κ3) is 13.5. The van der Waals surface area contributed by atoms with Crippen LogP contribution in [0, 0.1) is 0 Å². The number of nitrogens with zero attached hydrogens (tertiary/aromatic N) is 7. The number of aromatic nitrogens is 7. The van der Waals surface area contributed by atoms with Crippen LogP contribution in [0.1, 0.15) is 0 Å². The van der Waals surface area contributed by atoms with Gasteiger partial charge in [0.15, 0.2) is 0 Å². The summed E-state index contributed by atoms with van der Waals surface area (Å²) < 4.78 is 18.2. The van der Waals surface area contributed by atoms with Crippen molar-refractivity contribution in [3.8, 4) is 89.9 Å². The van der Waals surface area contributed by atoms with E-state index in [1.54, 1.807) is 0 Å². The molecule has 0 aliphatic carbocycles. The Balaban J connectivity index is 0.000000103. The van der Waals surface area contributed by atoms with E-state index in [0.717, 1.165) is 127 Å². The summed E-state index contributed by atoms with van der Waals surface area (Å²) in [7, 11) is 0. The molecule has 8 nitrogen and oxygen atoms in total. The van der Waals surface area contributed by atoms with Crippen LogP contribution in [-0.2, 0) is 0 Å². The van der Waals surface area contributed by atoms with Crippen LogP contribution < -0.4 is 0 Å². The van der Waals surface area contributed by atoms with Crippen LogP contribution in [-0.4, -0.2) is 33.2 Å². The second-order valence-electron chi connectivity index (χ2n) is 37.5. The zero-order chi connectivity index (χ0) is 94.6. The average molecular weight is 1850 g/mol. The lowest BCUT2D eigenvalue weighted by Crippen LogP contribution is -1.93. The summed E-state index contributed by atoms with van der Waals surface area (Å²) >= 11 is 1.86. The van der Waals surface area contributed by atoms with E-state index < -0.39 is 0 Å². The third-order valence-electron chi connectivity index (χ3n) is 29.4. The zero-order valence-corrected chi connectivity index (χ0v) is 78.7. The highest BCUT2D eigenvalue weighted by molar-refractivity contribution is 7.25. The van der Waals surface area contributed by atoms with Gasteiger partial charge in [-0.2, -0.15) is 0 Å². The molecule has 0 saturated heterocycles. The highest BCUT2D eigenvalue weighted by Gasteiger charge is 2.24. The topological polar surface area (TPSA) is 71.5 Å². The molecule has 9 heterocycles. The van der Waals surface area contributed by atoms with Crippen molar-refractivity contribution in [2.24, 2.45) is 0 Å². The third-order valence-corrected chi connectivity index (χ3v) is 30.6. The highest BCUT2D eigenvalue weighted by Crippen LogP contribution is 2.47. The molecule has 9 heteroatoms. The van der Waals surface area contributed by atoms with E-state index in [1.807, 2.05) is 23.5 Å². The molecule has 144 heavy (non-hydrogen) atoms. The van der Waals surface area contributed by atoms with Crippen LogP contribution in [0.15, 0.2) is 508 Å². The van der Waals surface area contributed by atoms with Crippen molar-refractivity contribution in [2.45, 2.75) is 0 Å². The Morgan fingerprint density at radius 2 is 0.382 bits per heavy atom. The lowest BCUT2D eigenvalue weighted by molar-refractivity contribution is 0.669. The van der Waals surface area contributed by atoms with E-state index >= 15 is 0 Å². The van der Waals surface area contributed by atoms with Crippen molar-refractivity contribution >= 4 is 206 Å². The minimum Gasteiger partial charge on any atom is -0.456 e. The largest absolute Gasteiger partial charge is 0.456 e. The molecule has 31 rings (SSSR count). The number of thiophene rings is 1. The Bertz CT molecular complexity index is 10300. The SMILES string of the molecule is c1ccc(-n2c3ccccc3c3cc(-c4ccc5nc(-c6ccc7c(c6)c6ccccc6n7-c6ccccc6)c6ccccc6c5c4)ccc32)cc1.c1ccc(-n2c3ccccc3c3cc(-c4nc5ccc(-c6ccc7oc8ccccc8c7c6)cc5c5ccccc45)ccc32)cc1.c1ccc(-n2c3ccccc3c3cc(-c4nc5ccc(-c6ccc7sc8ccccc8c7c6)cc5c5ccccc45)ccc32)cc1. The summed E-state index contributed by atoms with van der Waals surface area (Å²) in [6.07, 6.45) is 0. The smallest absolute Gasteiger partial charge is 0.135 e. The van der Waals surface area contributed by atoms with E-state index in [1.165, 1.54) is 157 Å². The maximum atomic E-state index is 6.09. The number of hydrogen-bond acceptors (Lipinski definition) is 5. The van der Waals surface area contributed by atoms with Crippen LogP contribution in [0.3, 0.4) is 0 Å². The van der Waals surface area contributed by atoms with Gasteiger partial charge >= 0.3 is 0 Å². The van der Waals surface area contributed by atoms with E-state index in [9.17, 15) is 0 Å². The Labute approximate surface area is 830 Å². The second kappa shape index (κ2) is 33.4. The lowest BCUT2D eigenvalue weighted by atomic mass is 9.96. The number of benzene rings is 22. The summed E-state index contributed by atoms with van der Waals surface area (Å²) in [5.41, 5.74) is 32.6. The summed E-state index contributed by atoms with van der Waals surface area (Å²) in [6, 6.07) is 181. The van der Waals surface area contributed by atoms with Gasteiger partial charge in [-0.15, -0.1) is 11.3 Å². The Morgan fingerprint density at radius 3 is 0.750 bits per heavy atom. The average Bonchev–Trinajstić information content (AvgIpc) is 1.55. The van der Waals surface area contributed by atoms with Crippen LogP contribution in [0.5, 0.6) is 0 Å². The van der Waals surface area contributed by atoms with Crippen molar-refractivity contribution in [3.63, 3.8) is 0 Å². The first kappa shape index (κ1) is 82.2. The predicted octanol–water partition coefficient (Wildman–Crippen LogP) is 36.8. The van der Waals surface area contributed by atoms with Crippen LogP contribution in [0.2, 0.25) is 0 Å². The Morgan fingerprint density at radius 1 is 0.146 bits per heavy atom. The van der Waals surface area contributed by atoms with Gasteiger partial charge in [-0.25, -0.2) is 15.0 Å². The van der Waals surface area contributed by atoms with Crippen molar-refractivity contribution < 1.29 is 4.42 Å². The molecule has 0 saturated carbocycles. The fraction of sp³-hybridized carbons (Fsp3) is 0. The lowest BCUT2D eigenvalue weighted by Gasteiger charge is -2.13. The normalized spacial score (nSPS) is 11.9. The molecule has 0 bridgehead atoms. The van der Waals surface area contributed by atoms with Gasteiger partial charge in [0.05, 0.1) is 77.8 Å². The monoisotopic (exact) mass is 1850 g/mol. The van der Waals surface area contributed by atoms with Gasteiger partial charge in [-0.1, -0.05) is 309 Å². The molecule has 31 aromatic rings. The van der Waals surface area contributed by atoms with Gasteiger partial charge < -0.3 is 22.7 Å². The minimum absolute atomic E-state index is 0.909. The molecule has 0 N–H and O–H groups in total. The summed E-state index contributed by atoms with van der Waals surface area (Å²) in [5, 5.41) is 25.4. The molecule has 0 aliphatic heterocycles.